The molecular weight excluding hydrogens is 166 g/mol. The van der Waals surface area contributed by atoms with Crippen molar-refractivity contribution >= 4 is 23.4 Å². The second kappa shape index (κ2) is 7.45. The molecule has 0 unspecified atom stereocenters. The Kier molecular flexibility index (Phi) is 7.70. The number of nitrogens with one attached hydrogen (secondary N) is 1. The van der Waals surface area contributed by atoms with Gasteiger partial charge in [-0.25, -0.2) is 0 Å². The van der Waals surface area contributed by atoms with Crippen LogP contribution in [0.5, 0.6) is 0 Å². The standard InChI is InChI=1S/C7H14ClNS/c1-7(8)6-9-4-3-5-10-2/h9H,1,3-6H2,2H3. The maximum Gasteiger partial charge on any atom is 0.0307 e. The SMILES string of the molecule is C=C(Cl)CNCCCSC. The number of thioether (sulfide) groups is 1. The third-order valence-corrected chi connectivity index (χ3v) is 1.85. The number of halogens is 1. The van der Waals surface area contributed by atoms with Crippen LogP contribution in [-0.4, -0.2) is 25.1 Å². The van der Waals surface area contributed by atoms with Crippen LogP contribution in [0.2, 0.25) is 0 Å². The average molecular weight is 180 g/mol. The Balaban J connectivity index is 2.84. The van der Waals surface area contributed by atoms with Crippen LogP contribution < -0.4 is 5.32 Å². The highest BCUT2D eigenvalue weighted by molar-refractivity contribution is 7.98. The molecule has 0 saturated heterocycles. The smallest absolute Gasteiger partial charge is 0.0307 e. The molecule has 0 heterocycles. The molecule has 1 nitrogen and oxygen atoms in total. The Hall–Kier alpha value is 0.340. The van der Waals surface area contributed by atoms with Gasteiger partial charge in [-0.05, 0) is 25.0 Å². The summed E-state index contributed by atoms with van der Waals surface area (Å²) in [7, 11) is 0. The first-order valence-corrected chi connectivity index (χ1v) is 5.07. The molecule has 0 aliphatic heterocycles. The summed E-state index contributed by atoms with van der Waals surface area (Å²) in [5.74, 6) is 1.21. The van der Waals surface area contributed by atoms with Crippen LogP contribution >= 0.6 is 23.4 Å². The molecule has 0 aromatic heterocycles. The Morgan fingerprint density at radius 1 is 1.70 bits per heavy atom. The summed E-state index contributed by atoms with van der Waals surface area (Å²) in [6.07, 6.45) is 3.31. The molecule has 0 spiro atoms. The first-order valence-electron chi connectivity index (χ1n) is 3.30. The summed E-state index contributed by atoms with van der Waals surface area (Å²) in [4.78, 5) is 0. The van der Waals surface area contributed by atoms with Gasteiger partial charge >= 0.3 is 0 Å². The van der Waals surface area contributed by atoms with Crippen LogP contribution in [0.25, 0.3) is 0 Å². The van der Waals surface area contributed by atoms with Crippen molar-refractivity contribution in [2.45, 2.75) is 6.42 Å². The molecule has 0 aromatic carbocycles. The van der Waals surface area contributed by atoms with Gasteiger partial charge in [0.15, 0.2) is 0 Å². The van der Waals surface area contributed by atoms with Crippen molar-refractivity contribution in [1.29, 1.82) is 0 Å². The highest BCUT2D eigenvalue weighted by Crippen LogP contribution is 1.95. The molecule has 0 bridgehead atoms. The minimum atomic E-state index is 0.684. The van der Waals surface area contributed by atoms with E-state index in [1.54, 1.807) is 0 Å². The summed E-state index contributed by atoms with van der Waals surface area (Å²) in [6, 6.07) is 0. The Morgan fingerprint density at radius 3 is 2.90 bits per heavy atom. The molecule has 3 heteroatoms. The molecule has 0 aromatic rings. The molecule has 0 rings (SSSR count). The molecular formula is C7H14ClNS. The van der Waals surface area contributed by atoms with E-state index in [2.05, 4.69) is 18.2 Å². The van der Waals surface area contributed by atoms with Gasteiger partial charge in [0.25, 0.3) is 0 Å². The van der Waals surface area contributed by atoms with Gasteiger partial charge in [-0.15, -0.1) is 0 Å². The fourth-order valence-corrected chi connectivity index (χ4v) is 1.09. The summed E-state index contributed by atoms with van der Waals surface area (Å²) in [6.45, 7) is 5.34. The zero-order valence-electron chi connectivity index (χ0n) is 6.32. The van der Waals surface area contributed by atoms with Gasteiger partial charge in [0.2, 0.25) is 0 Å². The number of rotatable bonds is 6. The third-order valence-electron chi connectivity index (χ3n) is 1.02. The highest BCUT2D eigenvalue weighted by Gasteiger charge is 1.87. The minimum absolute atomic E-state index is 0.684. The van der Waals surface area contributed by atoms with Crippen molar-refractivity contribution in [3.63, 3.8) is 0 Å². The molecule has 60 valence electrons. The predicted molar refractivity (Wildman–Crippen MR) is 50.9 cm³/mol. The Morgan fingerprint density at radius 2 is 2.40 bits per heavy atom. The van der Waals surface area contributed by atoms with Crippen molar-refractivity contribution in [3.8, 4) is 0 Å². The van der Waals surface area contributed by atoms with Gasteiger partial charge < -0.3 is 5.32 Å². The lowest BCUT2D eigenvalue weighted by molar-refractivity contribution is 0.730. The molecule has 0 radical (unpaired) electrons. The maximum absolute atomic E-state index is 5.53. The molecule has 0 fully saturated rings. The summed E-state index contributed by atoms with van der Waals surface area (Å²) in [5, 5.41) is 3.86. The minimum Gasteiger partial charge on any atom is -0.312 e. The monoisotopic (exact) mass is 179 g/mol. The van der Waals surface area contributed by atoms with E-state index < -0.39 is 0 Å². The van der Waals surface area contributed by atoms with Crippen molar-refractivity contribution < 1.29 is 0 Å². The largest absolute Gasteiger partial charge is 0.312 e. The Bertz CT molecular complexity index is 95.6. The molecule has 0 amide bonds. The molecule has 1 N–H and O–H groups in total. The normalized spacial score (nSPS) is 9.80. The zero-order valence-corrected chi connectivity index (χ0v) is 7.89. The van der Waals surface area contributed by atoms with Crippen molar-refractivity contribution in [3.05, 3.63) is 11.6 Å². The second-order valence-corrected chi connectivity index (χ2v) is 3.56. The maximum atomic E-state index is 5.53. The van der Waals surface area contributed by atoms with E-state index in [1.165, 1.54) is 12.2 Å². The number of hydrogen-bond donors (Lipinski definition) is 1. The molecule has 0 aliphatic rings. The van der Waals surface area contributed by atoms with Crippen LogP contribution in [0, 0.1) is 0 Å². The third kappa shape index (κ3) is 8.34. The van der Waals surface area contributed by atoms with E-state index >= 15 is 0 Å². The van der Waals surface area contributed by atoms with E-state index in [0.29, 0.717) is 5.03 Å². The van der Waals surface area contributed by atoms with E-state index in [-0.39, 0.29) is 0 Å². The topological polar surface area (TPSA) is 12.0 Å². The molecule has 0 atom stereocenters. The summed E-state index contributed by atoms with van der Waals surface area (Å²) in [5.41, 5.74) is 0. The van der Waals surface area contributed by atoms with Gasteiger partial charge in [-0.3, -0.25) is 0 Å². The van der Waals surface area contributed by atoms with Crippen molar-refractivity contribution in [2.24, 2.45) is 0 Å². The summed E-state index contributed by atoms with van der Waals surface area (Å²) >= 11 is 7.39. The highest BCUT2D eigenvalue weighted by atomic mass is 35.5. The average Bonchev–Trinajstić information content (AvgIpc) is 1.87. The predicted octanol–water partition coefficient (Wildman–Crippen LogP) is 2.08. The molecule has 0 saturated carbocycles. The number of hydrogen-bond acceptors (Lipinski definition) is 2. The molecule has 10 heavy (non-hydrogen) atoms. The van der Waals surface area contributed by atoms with Gasteiger partial charge in [0, 0.05) is 11.6 Å². The van der Waals surface area contributed by atoms with Crippen LogP contribution in [0.15, 0.2) is 11.6 Å². The van der Waals surface area contributed by atoms with Crippen LogP contribution in [-0.2, 0) is 0 Å². The fraction of sp³-hybridized carbons (Fsp3) is 0.714. The quantitative estimate of drug-likeness (QED) is 0.627. The lowest BCUT2D eigenvalue weighted by Gasteiger charge is -2.00. The van der Waals surface area contributed by atoms with E-state index in [9.17, 15) is 0 Å². The van der Waals surface area contributed by atoms with Gasteiger partial charge in [0.05, 0.1) is 0 Å². The lowest BCUT2D eigenvalue weighted by atomic mass is 10.4. The van der Waals surface area contributed by atoms with Crippen molar-refractivity contribution in [2.75, 3.05) is 25.1 Å². The van der Waals surface area contributed by atoms with E-state index in [0.717, 1.165) is 13.1 Å². The second-order valence-electron chi connectivity index (χ2n) is 2.04. The van der Waals surface area contributed by atoms with E-state index in [1.807, 2.05) is 11.8 Å². The first-order chi connectivity index (χ1) is 4.77. The van der Waals surface area contributed by atoms with Crippen LogP contribution in [0.4, 0.5) is 0 Å². The zero-order chi connectivity index (χ0) is 7.82. The lowest BCUT2D eigenvalue weighted by Crippen LogP contribution is -2.16. The fourth-order valence-electron chi connectivity index (χ4n) is 0.566. The summed E-state index contributed by atoms with van der Waals surface area (Å²) < 4.78 is 0. The van der Waals surface area contributed by atoms with Gasteiger partial charge in [-0.1, -0.05) is 18.2 Å². The van der Waals surface area contributed by atoms with Gasteiger partial charge in [-0.2, -0.15) is 11.8 Å². The van der Waals surface area contributed by atoms with E-state index in [4.69, 9.17) is 11.6 Å². The van der Waals surface area contributed by atoms with Crippen LogP contribution in [0.1, 0.15) is 6.42 Å². The van der Waals surface area contributed by atoms with Gasteiger partial charge in [0.1, 0.15) is 0 Å². The first kappa shape index (κ1) is 10.3. The van der Waals surface area contributed by atoms with Crippen LogP contribution in [0.3, 0.4) is 0 Å². The Labute approximate surface area is 72.2 Å². The molecule has 0 aliphatic carbocycles. The van der Waals surface area contributed by atoms with Crippen molar-refractivity contribution in [1.82, 2.24) is 5.32 Å².